The lowest BCUT2D eigenvalue weighted by Gasteiger charge is -2.23. The molecule has 5 heteroatoms. The Balaban J connectivity index is 2.33. The first-order valence-corrected chi connectivity index (χ1v) is 4.46. The van der Waals surface area contributed by atoms with Gasteiger partial charge in [-0.15, -0.1) is 0 Å². The topological polar surface area (TPSA) is 69.3 Å². The molecule has 0 saturated carbocycles. The van der Waals surface area contributed by atoms with E-state index in [1.54, 1.807) is 0 Å². The number of alkyl carbamates (subject to hydrolysis) is 1. The Morgan fingerprint density at radius 1 is 1.79 bits per heavy atom. The van der Waals surface area contributed by atoms with Crippen LogP contribution in [0.3, 0.4) is 0 Å². The lowest BCUT2D eigenvalue weighted by Crippen LogP contribution is -2.38. The van der Waals surface area contributed by atoms with E-state index in [1.807, 2.05) is 30.1 Å². The van der Waals surface area contributed by atoms with Gasteiger partial charge in [-0.2, -0.15) is 0 Å². The molecule has 2 heterocycles. The first kappa shape index (κ1) is 9.08. The van der Waals surface area contributed by atoms with Gasteiger partial charge in [0.2, 0.25) is 0 Å². The van der Waals surface area contributed by atoms with Crippen molar-refractivity contribution in [3.05, 3.63) is 24.0 Å². The molecule has 0 radical (unpaired) electrons. The van der Waals surface area contributed by atoms with Crippen LogP contribution < -0.4 is 11.1 Å². The smallest absolute Gasteiger partial charge is 0.408 e. The van der Waals surface area contributed by atoms with Crippen LogP contribution in [0.4, 0.5) is 4.79 Å². The lowest BCUT2D eigenvalue weighted by atomic mass is 9.97. The number of nitrogens with two attached hydrogens (primary N) is 1. The third kappa shape index (κ3) is 1.26. The highest BCUT2D eigenvalue weighted by molar-refractivity contribution is 5.70. The number of aromatic nitrogens is 1. The van der Waals surface area contributed by atoms with Crippen molar-refractivity contribution in [3.63, 3.8) is 0 Å². The van der Waals surface area contributed by atoms with E-state index in [9.17, 15) is 4.79 Å². The summed E-state index contributed by atoms with van der Waals surface area (Å²) in [6, 6.07) is 1.91. The number of carbonyl (C=O) groups excluding carboxylic acids is 1. The molecule has 1 aliphatic rings. The number of cyclic esters (lactones) is 1. The molecule has 3 N–H and O–H groups in total. The molecule has 76 valence electrons. The van der Waals surface area contributed by atoms with Gasteiger partial charge in [-0.05, 0) is 6.07 Å². The fourth-order valence-electron chi connectivity index (χ4n) is 1.63. The van der Waals surface area contributed by atoms with Crippen molar-refractivity contribution in [2.24, 2.45) is 12.8 Å². The summed E-state index contributed by atoms with van der Waals surface area (Å²) in [6.45, 7) is 0.724. The van der Waals surface area contributed by atoms with E-state index in [0.29, 0.717) is 6.54 Å². The van der Waals surface area contributed by atoms with Gasteiger partial charge < -0.3 is 20.4 Å². The van der Waals surface area contributed by atoms with Crippen LogP contribution in [-0.4, -0.2) is 23.7 Å². The van der Waals surface area contributed by atoms with Crippen molar-refractivity contribution in [2.75, 3.05) is 13.1 Å². The number of ether oxygens (including phenoxy) is 1. The Morgan fingerprint density at radius 2 is 2.57 bits per heavy atom. The van der Waals surface area contributed by atoms with Gasteiger partial charge in [0.05, 0.1) is 6.54 Å². The van der Waals surface area contributed by atoms with E-state index < -0.39 is 11.7 Å². The number of nitrogens with one attached hydrogen (secondary N) is 1. The Hall–Kier alpha value is -1.49. The summed E-state index contributed by atoms with van der Waals surface area (Å²) in [5.74, 6) is 0. The van der Waals surface area contributed by atoms with Gasteiger partial charge in [0.15, 0.2) is 5.60 Å². The third-order valence-electron chi connectivity index (χ3n) is 2.49. The predicted octanol–water partition coefficient (Wildman–Crippen LogP) is -0.0811. The van der Waals surface area contributed by atoms with Gasteiger partial charge in [0.25, 0.3) is 0 Å². The van der Waals surface area contributed by atoms with Crippen LogP contribution in [-0.2, 0) is 17.4 Å². The number of aryl methyl sites for hydroxylation is 1. The number of rotatable bonds is 2. The van der Waals surface area contributed by atoms with Crippen molar-refractivity contribution in [2.45, 2.75) is 5.60 Å². The second kappa shape index (κ2) is 3.02. The first-order chi connectivity index (χ1) is 6.66. The molecule has 1 aromatic rings. The number of nitrogens with zero attached hydrogens (tertiary/aromatic N) is 1. The number of amides is 1. The average Bonchev–Trinajstić information content (AvgIpc) is 2.73. The number of carbonyl (C=O) groups is 1. The molecule has 0 bridgehead atoms. The highest BCUT2D eigenvalue weighted by Crippen LogP contribution is 2.27. The third-order valence-corrected chi connectivity index (χ3v) is 2.49. The monoisotopic (exact) mass is 195 g/mol. The molecule has 1 aliphatic heterocycles. The number of hydrogen-bond acceptors (Lipinski definition) is 3. The van der Waals surface area contributed by atoms with Crippen LogP contribution in [0.15, 0.2) is 18.5 Å². The highest BCUT2D eigenvalue weighted by Gasteiger charge is 2.41. The summed E-state index contributed by atoms with van der Waals surface area (Å²) in [4.78, 5) is 11.0. The minimum absolute atomic E-state index is 0.287. The number of hydrogen-bond donors (Lipinski definition) is 2. The predicted molar refractivity (Wildman–Crippen MR) is 50.6 cm³/mol. The molecule has 1 fully saturated rings. The van der Waals surface area contributed by atoms with Crippen molar-refractivity contribution in [1.29, 1.82) is 0 Å². The zero-order valence-corrected chi connectivity index (χ0v) is 7.99. The van der Waals surface area contributed by atoms with Crippen molar-refractivity contribution < 1.29 is 9.53 Å². The summed E-state index contributed by atoms with van der Waals surface area (Å²) in [7, 11) is 1.91. The minimum Gasteiger partial charge on any atom is -0.435 e. The van der Waals surface area contributed by atoms with Crippen LogP contribution in [0.5, 0.6) is 0 Å². The Labute approximate surface area is 81.8 Å². The van der Waals surface area contributed by atoms with Crippen molar-refractivity contribution in [3.8, 4) is 0 Å². The van der Waals surface area contributed by atoms with Gasteiger partial charge in [0.1, 0.15) is 0 Å². The molecule has 14 heavy (non-hydrogen) atoms. The second-order valence-corrected chi connectivity index (χ2v) is 3.51. The summed E-state index contributed by atoms with van der Waals surface area (Å²) in [5, 5.41) is 2.62. The molecule has 1 saturated heterocycles. The molecule has 5 nitrogen and oxygen atoms in total. The summed E-state index contributed by atoms with van der Waals surface area (Å²) in [6.07, 6.45) is 3.41. The maximum atomic E-state index is 11.0. The van der Waals surface area contributed by atoms with E-state index in [4.69, 9.17) is 10.5 Å². The Kier molecular flexibility index (Phi) is 1.96. The molecule has 1 amide bonds. The normalized spacial score (nSPS) is 26.0. The minimum atomic E-state index is -0.682. The average molecular weight is 195 g/mol. The van der Waals surface area contributed by atoms with Gasteiger partial charge in [-0.25, -0.2) is 4.79 Å². The second-order valence-electron chi connectivity index (χ2n) is 3.51. The molecule has 0 aromatic carbocycles. The Bertz CT molecular complexity index is 361. The zero-order chi connectivity index (χ0) is 10.2. The van der Waals surface area contributed by atoms with Gasteiger partial charge >= 0.3 is 6.09 Å². The summed E-state index contributed by atoms with van der Waals surface area (Å²) < 4.78 is 7.11. The fourth-order valence-corrected chi connectivity index (χ4v) is 1.63. The molecule has 1 unspecified atom stereocenters. The largest absolute Gasteiger partial charge is 0.435 e. The van der Waals surface area contributed by atoms with Crippen LogP contribution in [0.2, 0.25) is 0 Å². The molecular weight excluding hydrogens is 182 g/mol. The zero-order valence-electron chi connectivity index (χ0n) is 7.99. The van der Waals surface area contributed by atoms with Gasteiger partial charge in [-0.1, -0.05) is 0 Å². The standard InChI is InChI=1S/C9H13N3O2/c1-12-3-2-7(4-12)9(5-10)6-11-8(13)14-9/h2-4H,5-6,10H2,1H3,(H,11,13). The van der Waals surface area contributed by atoms with Crippen LogP contribution in [0.25, 0.3) is 0 Å². The molecule has 0 aliphatic carbocycles. The van der Waals surface area contributed by atoms with Crippen LogP contribution >= 0.6 is 0 Å². The van der Waals surface area contributed by atoms with E-state index in [1.165, 1.54) is 0 Å². The van der Waals surface area contributed by atoms with E-state index in [0.717, 1.165) is 5.56 Å². The maximum Gasteiger partial charge on any atom is 0.408 e. The first-order valence-electron chi connectivity index (χ1n) is 4.46. The van der Waals surface area contributed by atoms with Gasteiger partial charge in [-0.3, -0.25) is 0 Å². The van der Waals surface area contributed by atoms with Crippen LogP contribution in [0, 0.1) is 0 Å². The van der Waals surface area contributed by atoms with E-state index in [-0.39, 0.29) is 6.54 Å². The summed E-state index contributed by atoms with van der Waals surface area (Å²) >= 11 is 0. The SMILES string of the molecule is Cn1ccc(C2(CN)CNC(=O)O2)c1. The fraction of sp³-hybridized carbons (Fsp3) is 0.444. The maximum absolute atomic E-state index is 11.0. The molecule has 1 atom stereocenters. The van der Waals surface area contributed by atoms with Crippen molar-refractivity contribution in [1.82, 2.24) is 9.88 Å². The molecular formula is C9H13N3O2. The van der Waals surface area contributed by atoms with Crippen molar-refractivity contribution >= 4 is 6.09 Å². The lowest BCUT2D eigenvalue weighted by molar-refractivity contribution is 0.0617. The summed E-state index contributed by atoms with van der Waals surface area (Å²) in [5.41, 5.74) is 5.89. The van der Waals surface area contributed by atoms with E-state index in [2.05, 4.69) is 5.32 Å². The van der Waals surface area contributed by atoms with E-state index >= 15 is 0 Å². The Morgan fingerprint density at radius 3 is 3.00 bits per heavy atom. The van der Waals surface area contributed by atoms with Crippen LogP contribution in [0.1, 0.15) is 5.56 Å². The quantitative estimate of drug-likeness (QED) is 0.693. The molecule has 2 rings (SSSR count). The highest BCUT2D eigenvalue weighted by atomic mass is 16.6. The van der Waals surface area contributed by atoms with Gasteiger partial charge in [0, 0.05) is 31.5 Å². The molecule has 1 aromatic heterocycles. The molecule has 0 spiro atoms.